The number of nitrogens with one attached hydrogen (secondary N) is 1. The van der Waals surface area contributed by atoms with Crippen LogP contribution in [0.3, 0.4) is 0 Å². The molecule has 4 rings (SSSR count). The molecule has 24 heavy (non-hydrogen) atoms. The van der Waals surface area contributed by atoms with Crippen molar-refractivity contribution in [3.8, 4) is 0 Å². The molecule has 0 bridgehead atoms. The predicted octanol–water partition coefficient (Wildman–Crippen LogP) is 1.57. The van der Waals surface area contributed by atoms with E-state index in [1.54, 1.807) is 17.5 Å². The van der Waals surface area contributed by atoms with Crippen LogP contribution in [0.5, 0.6) is 0 Å². The number of aromatic nitrogens is 3. The average molecular weight is 331 g/mol. The molecule has 0 aromatic carbocycles. The van der Waals surface area contributed by atoms with Crippen molar-refractivity contribution in [3.63, 3.8) is 0 Å². The summed E-state index contributed by atoms with van der Waals surface area (Å²) >= 11 is 0. The fourth-order valence-electron chi connectivity index (χ4n) is 3.45. The van der Waals surface area contributed by atoms with E-state index in [9.17, 15) is 4.79 Å². The minimum absolute atomic E-state index is 0.0242. The molecule has 0 radical (unpaired) electrons. The van der Waals surface area contributed by atoms with Gasteiger partial charge in [-0.2, -0.15) is 0 Å². The van der Waals surface area contributed by atoms with Crippen LogP contribution in [-0.4, -0.2) is 45.4 Å². The Hall–Kier alpha value is -2.35. The van der Waals surface area contributed by atoms with Crippen molar-refractivity contribution in [2.24, 2.45) is 7.05 Å². The van der Waals surface area contributed by atoms with Gasteiger partial charge in [0.2, 0.25) is 0 Å². The van der Waals surface area contributed by atoms with Crippen molar-refractivity contribution < 1.29 is 13.9 Å². The Morgan fingerprint density at radius 2 is 2.38 bits per heavy atom. The predicted molar refractivity (Wildman–Crippen MR) is 84.2 cm³/mol. The number of rotatable bonds is 2. The maximum absolute atomic E-state index is 12.7. The molecule has 1 saturated heterocycles. The molecule has 0 saturated carbocycles. The molecule has 1 aliphatic heterocycles. The van der Waals surface area contributed by atoms with Crippen molar-refractivity contribution in [2.45, 2.75) is 31.4 Å². The third-order valence-corrected chi connectivity index (χ3v) is 4.74. The monoisotopic (exact) mass is 331 g/mol. The highest BCUT2D eigenvalue weighted by Crippen LogP contribution is 2.30. The lowest BCUT2D eigenvalue weighted by atomic mass is 9.93. The SMILES string of the molecule is Cn1cnnc1[C@@H]1CN(C(=O)N[C@@H]2CCCc3occc32)CCO1. The number of carbonyl (C=O) groups excluding carboxylic acids is 1. The van der Waals surface area contributed by atoms with Crippen LogP contribution in [0.4, 0.5) is 4.79 Å². The number of nitrogens with zero attached hydrogens (tertiary/aromatic N) is 4. The topological polar surface area (TPSA) is 85.4 Å². The number of furan rings is 1. The second-order valence-corrected chi connectivity index (χ2v) is 6.30. The van der Waals surface area contributed by atoms with E-state index in [1.807, 2.05) is 17.7 Å². The molecule has 1 fully saturated rings. The number of ether oxygens (including phenoxy) is 1. The smallest absolute Gasteiger partial charge is 0.318 e. The number of hydrogen-bond acceptors (Lipinski definition) is 5. The molecule has 128 valence electrons. The molecule has 0 spiro atoms. The van der Waals surface area contributed by atoms with Crippen molar-refractivity contribution in [3.05, 3.63) is 35.8 Å². The number of hydrogen-bond donors (Lipinski definition) is 1. The van der Waals surface area contributed by atoms with Crippen LogP contribution in [0, 0.1) is 0 Å². The molecule has 2 atom stereocenters. The third-order valence-electron chi connectivity index (χ3n) is 4.74. The maximum Gasteiger partial charge on any atom is 0.318 e. The molecule has 8 nitrogen and oxygen atoms in total. The van der Waals surface area contributed by atoms with Crippen LogP contribution >= 0.6 is 0 Å². The van der Waals surface area contributed by atoms with E-state index in [4.69, 9.17) is 9.15 Å². The molecule has 0 unspecified atom stereocenters. The quantitative estimate of drug-likeness (QED) is 0.903. The fraction of sp³-hybridized carbons (Fsp3) is 0.562. The highest BCUT2D eigenvalue weighted by Gasteiger charge is 2.31. The van der Waals surface area contributed by atoms with Gasteiger partial charge in [-0.05, 0) is 18.9 Å². The van der Waals surface area contributed by atoms with E-state index in [0.29, 0.717) is 19.7 Å². The van der Waals surface area contributed by atoms with Crippen LogP contribution in [-0.2, 0) is 18.2 Å². The number of aryl methyl sites for hydroxylation is 2. The van der Waals surface area contributed by atoms with Gasteiger partial charge in [0.15, 0.2) is 5.82 Å². The van der Waals surface area contributed by atoms with E-state index >= 15 is 0 Å². The average Bonchev–Trinajstić information content (AvgIpc) is 3.24. The highest BCUT2D eigenvalue weighted by atomic mass is 16.5. The Labute approximate surface area is 139 Å². The first-order chi connectivity index (χ1) is 11.7. The second-order valence-electron chi connectivity index (χ2n) is 6.30. The van der Waals surface area contributed by atoms with Crippen LogP contribution in [0.1, 0.15) is 42.1 Å². The van der Waals surface area contributed by atoms with Crippen molar-refractivity contribution >= 4 is 6.03 Å². The van der Waals surface area contributed by atoms with Gasteiger partial charge in [0.1, 0.15) is 18.2 Å². The number of morpholine rings is 1. The molecule has 1 aliphatic carbocycles. The Balaban J connectivity index is 1.43. The molecular weight excluding hydrogens is 310 g/mol. The minimum atomic E-state index is -0.243. The van der Waals surface area contributed by atoms with E-state index in [0.717, 1.165) is 36.4 Å². The Bertz CT molecular complexity index is 725. The van der Waals surface area contributed by atoms with Gasteiger partial charge in [-0.15, -0.1) is 10.2 Å². The number of amides is 2. The summed E-state index contributed by atoms with van der Waals surface area (Å²) in [4.78, 5) is 14.5. The highest BCUT2D eigenvalue weighted by molar-refractivity contribution is 5.75. The summed E-state index contributed by atoms with van der Waals surface area (Å²) in [5, 5.41) is 11.1. The minimum Gasteiger partial charge on any atom is -0.469 e. The summed E-state index contributed by atoms with van der Waals surface area (Å²) in [5.74, 6) is 1.73. The van der Waals surface area contributed by atoms with Gasteiger partial charge in [0, 0.05) is 25.6 Å². The summed E-state index contributed by atoms with van der Waals surface area (Å²) in [5.41, 5.74) is 1.10. The summed E-state index contributed by atoms with van der Waals surface area (Å²) in [7, 11) is 1.88. The third kappa shape index (κ3) is 2.77. The van der Waals surface area contributed by atoms with Gasteiger partial charge in [-0.1, -0.05) is 0 Å². The number of urea groups is 1. The summed E-state index contributed by atoms with van der Waals surface area (Å²) in [6.45, 7) is 1.54. The largest absolute Gasteiger partial charge is 0.469 e. The fourth-order valence-corrected chi connectivity index (χ4v) is 3.45. The van der Waals surface area contributed by atoms with Gasteiger partial charge in [0.25, 0.3) is 0 Å². The van der Waals surface area contributed by atoms with Crippen LogP contribution < -0.4 is 5.32 Å². The van der Waals surface area contributed by atoms with Crippen LogP contribution in [0.15, 0.2) is 23.1 Å². The van der Waals surface area contributed by atoms with Gasteiger partial charge < -0.3 is 23.9 Å². The van der Waals surface area contributed by atoms with E-state index < -0.39 is 0 Å². The summed E-state index contributed by atoms with van der Waals surface area (Å²) < 4.78 is 13.1. The van der Waals surface area contributed by atoms with Crippen LogP contribution in [0.25, 0.3) is 0 Å². The van der Waals surface area contributed by atoms with E-state index in [2.05, 4.69) is 15.5 Å². The Morgan fingerprint density at radius 1 is 1.46 bits per heavy atom. The molecule has 8 heteroatoms. The van der Waals surface area contributed by atoms with Crippen molar-refractivity contribution in [1.29, 1.82) is 0 Å². The molecule has 3 heterocycles. The lowest BCUT2D eigenvalue weighted by molar-refractivity contribution is -0.0218. The lowest BCUT2D eigenvalue weighted by Crippen LogP contribution is -2.48. The normalized spacial score (nSPS) is 23.8. The van der Waals surface area contributed by atoms with Crippen molar-refractivity contribution in [1.82, 2.24) is 25.0 Å². The van der Waals surface area contributed by atoms with Gasteiger partial charge in [-0.25, -0.2) is 4.79 Å². The first-order valence-corrected chi connectivity index (χ1v) is 8.29. The molecule has 2 aromatic heterocycles. The molecule has 1 N–H and O–H groups in total. The molecule has 2 amide bonds. The second kappa shape index (κ2) is 6.27. The zero-order valence-electron chi connectivity index (χ0n) is 13.6. The molecule has 2 aliphatic rings. The van der Waals surface area contributed by atoms with Gasteiger partial charge >= 0.3 is 6.03 Å². The zero-order chi connectivity index (χ0) is 16.5. The molecule has 2 aromatic rings. The first-order valence-electron chi connectivity index (χ1n) is 8.29. The summed E-state index contributed by atoms with van der Waals surface area (Å²) in [6, 6.07) is 1.92. The lowest BCUT2D eigenvalue weighted by Gasteiger charge is -2.34. The Kier molecular flexibility index (Phi) is 3.97. The van der Waals surface area contributed by atoms with Crippen molar-refractivity contribution in [2.75, 3.05) is 19.7 Å². The van der Waals surface area contributed by atoms with Gasteiger partial charge in [-0.3, -0.25) is 0 Å². The zero-order valence-corrected chi connectivity index (χ0v) is 13.6. The number of carbonyl (C=O) groups is 1. The first kappa shape index (κ1) is 15.2. The maximum atomic E-state index is 12.7. The molecular formula is C16H21N5O3. The Morgan fingerprint density at radius 3 is 3.21 bits per heavy atom. The van der Waals surface area contributed by atoms with Gasteiger partial charge in [0.05, 0.1) is 25.5 Å². The summed E-state index contributed by atoms with van der Waals surface area (Å²) in [6.07, 6.45) is 6.01. The number of fused-ring (bicyclic) bond motifs is 1. The van der Waals surface area contributed by atoms with Crippen LogP contribution in [0.2, 0.25) is 0 Å². The standard InChI is InChI=1S/C16H21N5O3/c1-20-10-17-19-15(20)14-9-21(6-8-24-14)16(22)18-12-3-2-4-13-11(12)5-7-23-13/h5,7,10,12,14H,2-4,6,8-9H2,1H3,(H,18,22)/t12-,14+/m1/s1. The van der Waals surface area contributed by atoms with E-state index in [1.165, 1.54) is 0 Å². The van der Waals surface area contributed by atoms with E-state index in [-0.39, 0.29) is 18.2 Å².